The Balaban J connectivity index is 2.56. The molecule has 2 rings (SSSR count). The van der Waals surface area contributed by atoms with Crippen LogP contribution in [0.15, 0.2) is 12.1 Å². The molecule has 0 aliphatic heterocycles. The predicted molar refractivity (Wildman–Crippen MR) is 82.3 cm³/mol. The summed E-state index contributed by atoms with van der Waals surface area (Å²) in [7, 11) is 1.59. The summed E-state index contributed by atoms with van der Waals surface area (Å²) in [5.41, 5.74) is 8.18. The maximum atomic E-state index is 10.5. The number of ether oxygens (including phenoxy) is 1. The number of hydrogen-bond acceptors (Lipinski definition) is 3. The molecule has 1 aromatic carbocycles. The van der Waals surface area contributed by atoms with Gasteiger partial charge in [-0.15, -0.1) is 0 Å². The Bertz CT molecular complexity index is 482. The standard InChI is InChI=1S/C17H27NO2/c1-16(2,3)12-10-13(15(19)14(11-12)20-4)17(18)8-6-5-7-9-17/h10-11,19H,5-9,18H2,1-4H3. The molecular weight excluding hydrogens is 250 g/mol. The van der Waals surface area contributed by atoms with E-state index in [1.54, 1.807) is 7.11 Å². The zero-order valence-corrected chi connectivity index (χ0v) is 13.1. The van der Waals surface area contributed by atoms with Crippen molar-refractivity contribution in [1.29, 1.82) is 0 Å². The van der Waals surface area contributed by atoms with E-state index in [0.717, 1.165) is 36.8 Å². The number of hydrogen-bond donors (Lipinski definition) is 2. The third-order valence-electron chi connectivity index (χ3n) is 4.44. The summed E-state index contributed by atoms with van der Waals surface area (Å²) in [4.78, 5) is 0. The van der Waals surface area contributed by atoms with Crippen molar-refractivity contribution < 1.29 is 9.84 Å². The van der Waals surface area contributed by atoms with Gasteiger partial charge in [0.1, 0.15) is 0 Å². The first-order valence-corrected chi connectivity index (χ1v) is 7.49. The molecule has 3 heteroatoms. The minimum absolute atomic E-state index is 0.000751. The molecule has 0 bridgehead atoms. The molecule has 3 N–H and O–H groups in total. The molecule has 1 fully saturated rings. The van der Waals surface area contributed by atoms with Gasteiger partial charge in [0.05, 0.1) is 7.11 Å². The molecule has 1 aromatic rings. The zero-order chi connectivity index (χ0) is 15.0. The molecular formula is C17H27NO2. The summed E-state index contributed by atoms with van der Waals surface area (Å²) in [5, 5.41) is 10.5. The summed E-state index contributed by atoms with van der Waals surface area (Å²) >= 11 is 0. The summed E-state index contributed by atoms with van der Waals surface area (Å²) in [6, 6.07) is 3.99. The van der Waals surface area contributed by atoms with Crippen LogP contribution in [0.5, 0.6) is 11.5 Å². The maximum absolute atomic E-state index is 10.5. The second-order valence-corrected chi connectivity index (χ2v) is 7.04. The number of phenolic OH excluding ortho intramolecular Hbond substituents is 1. The molecule has 3 nitrogen and oxygen atoms in total. The van der Waals surface area contributed by atoms with E-state index >= 15 is 0 Å². The highest BCUT2D eigenvalue weighted by molar-refractivity contribution is 5.53. The predicted octanol–water partition coefficient (Wildman–Crippen LogP) is 3.82. The largest absolute Gasteiger partial charge is 0.504 e. The SMILES string of the molecule is COc1cc(C(C)(C)C)cc(C2(N)CCCCC2)c1O. The van der Waals surface area contributed by atoms with E-state index in [1.807, 2.05) is 6.07 Å². The Morgan fingerprint density at radius 2 is 1.75 bits per heavy atom. The third-order valence-corrected chi connectivity index (χ3v) is 4.44. The van der Waals surface area contributed by atoms with Crippen LogP contribution in [0.3, 0.4) is 0 Å². The van der Waals surface area contributed by atoms with Gasteiger partial charge in [-0.25, -0.2) is 0 Å². The molecule has 0 radical (unpaired) electrons. The fraction of sp³-hybridized carbons (Fsp3) is 0.647. The van der Waals surface area contributed by atoms with Gasteiger partial charge in [0.15, 0.2) is 11.5 Å². The van der Waals surface area contributed by atoms with Crippen LogP contribution in [0, 0.1) is 0 Å². The topological polar surface area (TPSA) is 55.5 Å². The van der Waals surface area contributed by atoms with Crippen molar-refractivity contribution >= 4 is 0 Å². The average molecular weight is 277 g/mol. The molecule has 1 saturated carbocycles. The van der Waals surface area contributed by atoms with Crippen LogP contribution in [-0.2, 0) is 11.0 Å². The van der Waals surface area contributed by atoms with E-state index < -0.39 is 5.54 Å². The molecule has 20 heavy (non-hydrogen) atoms. The van der Waals surface area contributed by atoms with E-state index in [2.05, 4.69) is 26.8 Å². The maximum Gasteiger partial charge on any atom is 0.162 e. The van der Waals surface area contributed by atoms with Crippen LogP contribution in [0.25, 0.3) is 0 Å². The van der Waals surface area contributed by atoms with Gasteiger partial charge in [0.2, 0.25) is 0 Å². The summed E-state index contributed by atoms with van der Waals surface area (Å²) in [6.07, 6.45) is 5.33. The molecule has 0 aromatic heterocycles. The number of nitrogens with two attached hydrogens (primary N) is 1. The van der Waals surface area contributed by atoms with Crippen molar-refractivity contribution in [3.63, 3.8) is 0 Å². The minimum Gasteiger partial charge on any atom is -0.504 e. The van der Waals surface area contributed by atoms with Crippen LogP contribution in [0.4, 0.5) is 0 Å². The van der Waals surface area contributed by atoms with Crippen molar-refractivity contribution in [1.82, 2.24) is 0 Å². The number of aromatic hydroxyl groups is 1. The lowest BCUT2D eigenvalue weighted by Crippen LogP contribution is -2.39. The zero-order valence-electron chi connectivity index (χ0n) is 13.1. The molecule has 0 saturated heterocycles. The highest BCUT2D eigenvalue weighted by Crippen LogP contribution is 2.44. The molecule has 0 heterocycles. The number of rotatable bonds is 2. The van der Waals surface area contributed by atoms with Gasteiger partial charge < -0.3 is 15.6 Å². The summed E-state index contributed by atoms with van der Waals surface area (Å²) in [6.45, 7) is 6.48. The normalized spacial score (nSPS) is 18.9. The lowest BCUT2D eigenvalue weighted by molar-refractivity contribution is 0.285. The van der Waals surface area contributed by atoms with Crippen molar-refractivity contribution in [3.05, 3.63) is 23.3 Å². The quantitative estimate of drug-likeness (QED) is 0.864. The first-order valence-electron chi connectivity index (χ1n) is 7.49. The molecule has 0 atom stereocenters. The summed E-state index contributed by atoms with van der Waals surface area (Å²) in [5.74, 6) is 0.743. The highest BCUT2D eigenvalue weighted by Gasteiger charge is 2.34. The van der Waals surface area contributed by atoms with Crippen LogP contribution in [-0.4, -0.2) is 12.2 Å². The monoisotopic (exact) mass is 277 g/mol. The van der Waals surface area contributed by atoms with Crippen LogP contribution >= 0.6 is 0 Å². The van der Waals surface area contributed by atoms with Gasteiger partial charge in [0, 0.05) is 11.1 Å². The first-order chi connectivity index (χ1) is 9.28. The van der Waals surface area contributed by atoms with Crippen LogP contribution in [0.1, 0.15) is 64.0 Å². The van der Waals surface area contributed by atoms with E-state index in [1.165, 1.54) is 6.42 Å². The number of methoxy groups -OCH3 is 1. The Morgan fingerprint density at radius 1 is 1.15 bits per heavy atom. The van der Waals surface area contributed by atoms with E-state index in [9.17, 15) is 5.11 Å². The Morgan fingerprint density at radius 3 is 2.25 bits per heavy atom. The van der Waals surface area contributed by atoms with Gasteiger partial charge in [-0.1, -0.05) is 40.0 Å². The van der Waals surface area contributed by atoms with E-state index in [-0.39, 0.29) is 11.2 Å². The van der Waals surface area contributed by atoms with Crippen molar-refractivity contribution in [2.75, 3.05) is 7.11 Å². The fourth-order valence-electron chi connectivity index (χ4n) is 3.03. The molecule has 1 aliphatic rings. The third kappa shape index (κ3) is 2.78. The Labute approximate surface area is 122 Å². The van der Waals surface area contributed by atoms with Gasteiger partial charge in [-0.05, 0) is 36.0 Å². The van der Waals surface area contributed by atoms with Crippen molar-refractivity contribution in [2.45, 2.75) is 63.8 Å². The van der Waals surface area contributed by atoms with E-state index in [4.69, 9.17) is 10.5 Å². The smallest absolute Gasteiger partial charge is 0.162 e. The van der Waals surface area contributed by atoms with E-state index in [0.29, 0.717) is 5.75 Å². The highest BCUT2D eigenvalue weighted by atomic mass is 16.5. The first kappa shape index (κ1) is 15.2. The van der Waals surface area contributed by atoms with Crippen LogP contribution < -0.4 is 10.5 Å². The number of benzene rings is 1. The Kier molecular flexibility index (Phi) is 4.01. The molecule has 0 spiro atoms. The molecule has 1 aliphatic carbocycles. The minimum atomic E-state index is -0.420. The van der Waals surface area contributed by atoms with Crippen LogP contribution in [0.2, 0.25) is 0 Å². The van der Waals surface area contributed by atoms with Crippen molar-refractivity contribution in [3.8, 4) is 11.5 Å². The molecule has 0 amide bonds. The second-order valence-electron chi connectivity index (χ2n) is 7.04. The summed E-state index contributed by atoms with van der Waals surface area (Å²) < 4.78 is 5.35. The van der Waals surface area contributed by atoms with Gasteiger partial charge in [-0.2, -0.15) is 0 Å². The molecule has 112 valence electrons. The van der Waals surface area contributed by atoms with Gasteiger partial charge in [0.25, 0.3) is 0 Å². The average Bonchev–Trinajstić information content (AvgIpc) is 2.38. The lowest BCUT2D eigenvalue weighted by atomic mass is 9.75. The lowest BCUT2D eigenvalue weighted by Gasteiger charge is -2.35. The molecule has 0 unspecified atom stereocenters. The fourth-order valence-corrected chi connectivity index (χ4v) is 3.03. The number of phenols is 1. The Hall–Kier alpha value is -1.22. The van der Waals surface area contributed by atoms with Gasteiger partial charge >= 0.3 is 0 Å². The second kappa shape index (κ2) is 5.28. The van der Waals surface area contributed by atoms with Gasteiger partial charge in [-0.3, -0.25) is 0 Å². The van der Waals surface area contributed by atoms with Crippen molar-refractivity contribution in [2.24, 2.45) is 5.73 Å².